The summed E-state index contributed by atoms with van der Waals surface area (Å²) in [7, 11) is 0. The first-order chi connectivity index (χ1) is 7.22. The molecular formula is C11H23N3O. The van der Waals surface area contributed by atoms with Crippen molar-refractivity contribution in [3.63, 3.8) is 0 Å². The molecule has 0 aromatic rings. The lowest BCUT2D eigenvalue weighted by atomic mass is 10.00. The van der Waals surface area contributed by atoms with Gasteiger partial charge in [0.1, 0.15) is 6.23 Å². The number of nitrogens with two attached hydrogens (primary N) is 2. The van der Waals surface area contributed by atoms with Crippen LogP contribution in [0.1, 0.15) is 38.5 Å². The van der Waals surface area contributed by atoms with Gasteiger partial charge in [-0.1, -0.05) is 0 Å². The topological polar surface area (TPSA) is 84.3 Å². The maximum atomic E-state index is 9.69. The predicted molar refractivity (Wildman–Crippen MR) is 62.0 cm³/mol. The number of nitrogens with one attached hydrogen (secondary N) is 1. The van der Waals surface area contributed by atoms with Crippen LogP contribution in [0, 0.1) is 0 Å². The fraction of sp³-hybridized carbons (Fsp3) is 0.818. The molecule has 0 saturated heterocycles. The van der Waals surface area contributed by atoms with Crippen molar-refractivity contribution in [2.24, 2.45) is 11.5 Å². The summed E-state index contributed by atoms with van der Waals surface area (Å²) in [6.07, 6.45) is 7.46. The maximum absolute atomic E-state index is 9.69. The smallest absolute Gasteiger partial charge is 0.105 e. The number of allylic oxidation sites excluding steroid dienone is 1. The minimum atomic E-state index is -0.427. The van der Waals surface area contributed by atoms with E-state index in [0.29, 0.717) is 6.54 Å². The highest BCUT2D eigenvalue weighted by Gasteiger charge is 2.14. The zero-order chi connectivity index (χ0) is 11.1. The van der Waals surface area contributed by atoms with Crippen LogP contribution >= 0.6 is 0 Å². The Morgan fingerprint density at radius 2 is 2.33 bits per heavy atom. The van der Waals surface area contributed by atoms with Gasteiger partial charge in [0.15, 0.2) is 0 Å². The summed E-state index contributed by atoms with van der Waals surface area (Å²) < 4.78 is 0. The van der Waals surface area contributed by atoms with Crippen molar-refractivity contribution in [2.75, 3.05) is 6.54 Å². The first-order valence-electron chi connectivity index (χ1n) is 5.82. The summed E-state index contributed by atoms with van der Waals surface area (Å²) in [5.74, 6) is 0. The molecule has 6 N–H and O–H groups in total. The van der Waals surface area contributed by atoms with Crippen LogP contribution in [0.3, 0.4) is 0 Å². The molecule has 4 nitrogen and oxygen atoms in total. The van der Waals surface area contributed by atoms with Crippen LogP contribution in [0.25, 0.3) is 0 Å². The largest absolute Gasteiger partial charge is 0.402 e. The van der Waals surface area contributed by atoms with Gasteiger partial charge in [0, 0.05) is 11.7 Å². The fourth-order valence-electron chi connectivity index (χ4n) is 1.90. The van der Waals surface area contributed by atoms with Crippen LogP contribution < -0.4 is 16.8 Å². The van der Waals surface area contributed by atoms with Crippen molar-refractivity contribution < 1.29 is 5.11 Å². The second-order valence-corrected chi connectivity index (χ2v) is 4.21. The molecule has 2 atom stereocenters. The van der Waals surface area contributed by atoms with Crippen molar-refractivity contribution in [2.45, 2.75) is 50.8 Å². The normalized spacial score (nSPS) is 23.6. The van der Waals surface area contributed by atoms with Crippen LogP contribution in [0.2, 0.25) is 0 Å². The van der Waals surface area contributed by atoms with Crippen molar-refractivity contribution in [3.8, 4) is 0 Å². The third-order valence-corrected chi connectivity index (χ3v) is 2.73. The standard InChI is InChI=1S/C11H23N3O/c12-7-2-1-6-11(15)14-10-5-3-4-9(13)8-10/h8,10-11,14-15H,1-7,12-13H2/t10-,11?/m1/s1. The molecule has 1 unspecified atom stereocenters. The molecule has 0 aliphatic heterocycles. The van der Waals surface area contributed by atoms with Gasteiger partial charge in [-0.05, 0) is 51.1 Å². The predicted octanol–water partition coefficient (Wildman–Crippen LogP) is 0.419. The molecule has 0 spiro atoms. The molecule has 0 aromatic carbocycles. The van der Waals surface area contributed by atoms with Gasteiger partial charge >= 0.3 is 0 Å². The van der Waals surface area contributed by atoms with Crippen molar-refractivity contribution in [1.29, 1.82) is 0 Å². The third kappa shape index (κ3) is 5.16. The summed E-state index contributed by atoms with van der Waals surface area (Å²) in [5.41, 5.74) is 12.1. The molecule has 0 saturated carbocycles. The van der Waals surface area contributed by atoms with Crippen LogP contribution in [0.15, 0.2) is 11.8 Å². The Hall–Kier alpha value is -0.580. The summed E-state index contributed by atoms with van der Waals surface area (Å²) in [4.78, 5) is 0. The zero-order valence-corrected chi connectivity index (χ0v) is 9.28. The first-order valence-corrected chi connectivity index (χ1v) is 5.82. The maximum Gasteiger partial charge on any atom is 0.105 e. The molecular weight excluding hydrogens is 190 g/mol. The van der Waals surface area contributed by atoms with Crippen LogP contribution in [0.4, 0.5) is 0 Å². The van der Waals surface area contributed by atoms with E-state index < -0.39 is 6.23 Å². The molecule has 0 radical (unpaired) electrons. The number of hydrogen-bond donors (Lipinski definition) is 4. The van der Waals surface area contributed by atoms with Gasteiger partial charge in [0.25, 0.3) is 0 Å². The molecule has 4 heteroatoms. The van der Waals surface area contributed by atoms with Crippen molar-refractivity contribution in [1.82, 2.24) is 5.32 Å². The molecule has 1 aliphatic rings. The summed E-state index contributed by atoms with van der Waals surface area (Å²) in [6.45, 7) is 0.697. The van der Waals surface area contributed by atoms with E-state index in [-0.39, 0.29) is 6.04 Å². The van der Waals surface area contributed by atoms with E-state index >= 15 is 0 Å². The van der Waals surface area contributed by atoms with E-state index in [1.807, 2.05) is 6.08 Å². The van der Waals surface area contributed by atoms with E-state index in [1.54, 1.807) is 0 Å². The molecule has 88 valence electrons. The Kier molecular flexibility index (Phi) is 5.68. The van der Waals surface area contributed by atoms with E-state index in [0.717, 1.165) is 44.2 Å². The third-order valence-electron chi connectivity index (χ3n) is 2.73. The number of aliphatic hydroxyl groups excluding tert-OH is 1. The van der Waals surface area contributed by atoms with Crippen LogP contribution in [-0.4, -0.2) is 23.9 Å². The van der Waals surface area contributed by atoms with Crippen molar-refractivity contribution in [3.05, 3.63) is 11.8 Å². The van der Waals surface area contributed by atoms with Gasteiger partial charge in [0.2, 0.25) is 0 Å². The second kappa shape index (κ2) is 6.82. The van der Waals surface area contributed by atoms with Gasteiger partial charge in [-0.2, -0.15) is 0 Å². The number of unbranched alkanes of at least 4 members (excludes halogenated alkanes) is 1. The minimum absolute atomic E-state index is 0.242. The zero-order valence-electron chi connectivity index (χ0n) is 9.28. The minimum Gasteiger partial charge on any atom is -0.402 e. The summed E-state index contributed by atoms with van der Waals surface area (Å²) >= 11 is 0. The van der Waals surface area contributed by atoms with E-state index in [1.165, 1.54) is 0 Å². The summed E-state index contributed by atoms with van der Waals surface area (Å²) in [6, 6.07) is 0.242. The highest BCUT2D eigenvalue weighted by molar-refractivity contribution is 5.06. The number of aliphatic hydroxyl groups is 1. The Balaban J connectivity index is 2.19. The number of hydrogen-bond acceptors (Lipinski definition) is 4. The first kappa shape index (κ1) is 12.5. The lowest BCUT2D eigenvalue weighted by molar-refractivity contribution is 0.114. The molecule has 0 aromatic heterocycles. The Morgan fingerprint density at radius 1 is 1.53 bits per heavy atom. The van der Waals surface area contributed by atoms with Gasteiger partial charge in [-0.3, -0.25) is 5.32 Å². The molecule has 0 heterocycles. The summed E-state index contributed by atoms with van der Waals surface area (Å²) in [5, 5.41) is 12.9. The molecule has 0 amide bonds. The molecule has 15 heavy (non-hydrogen) atoms. The van der Waals surface area contributed by atoms with Gasteiger partial charge in [-0.15, -0.1) is 0 Å². The lowest BCUT2D eigenvalue weighted by Gasteiger charge is -2.23. The van der Waals surface area contributed by atoms with Gasteiger partial charge < -0.3 is 16.6 Å². The van der Waals surface area contributed by atoms with Crippen LogP contribution in [-0.2, 0) is 0 Å². The Labute approximate surface area is 91.7 Å². The van der Waals surface area contributed by atoms with E-state index in [4.69, 9.17) is 11.5 Å². The molecule has 1 aliphatic carbocycles. The highest BCUT2D eigenvalue weighted by Crippen LogP contribution is 2.14. The molecule has 0 fully saturated rings. The fourth-order valence-corrected chi connectivity index (χ4v) is 1.90. The van der Waals surface area contributed by atoms with Gasteiger partial charge in [-0.25, -0.2) is 0 Å². The van der Waals surface area contributed by atoms with Crippen LogP contribution in [0.5, 0.6) is 0 Å². The quantitative estimate of drug-likeness (QED) is 0.380. The van der Waals surface area contributed by atoms with E-state index in [2.05, 4.69) is 5.32 Å². The van der Waals surface area contributed by atoms with Crippen molar-refractivity contribution >= 4 is 0 Å². The average molecular weight is 213 g/mol. The highest BCUT2D eigenvalue weighted by atomic mass is 16.3. The lowest BCUT2D eigenvalue weighted by Crippen LogP contribution is -2.38. The molecule has 0 bridgehead atoms. The van der Waals surface area contributed by atoms with Gasteiger partial charge in [0.05, 0.1) is 0 Å². The van der Waals surface area contributed by atoms with E-state index in [9.17, 15) is 5.11 Å². The monoisotopic (exact) mass is 213 g/mol. The Morgan fingerprint density at radius 3 is 3.00 bits per heavy atom. The Bertz CT molecular complexity index is 206. The SMILES string of the molecule is NCCCCC(O)N[C@H]1C=C(N)CCC1. The average Bonchev–Trinajstić information content (AvgIpc) is 2.18. The second-order valence-electron chi connectivity index (χ2n) is 4.21. The number of rotatable bonds is 6. The molecule has 1 rings (SSSR count).